The van der Waals surface area contributed by atoms with E-state index in [1.54, 1.807) is 7.05 Å². The monoisotopic (exact) mass is 486 g/mol. The molecule has 0 unspecified atom stereocenters. The highest BCUT2D eigenvalue weighted by molar-refractivity contribution is 6.37. The molecule has 4 N–H and O–H groups in total. The van der Waals surface area contributed by atoms with E-state index in [4.69, 9.17) is 27.9 Å². The summed E-state index contributed by atoms with van der Waals surface area (Å²) in [6.45, 7) is 3.54. The molecule has 170 valence electrons. The molecule has 0 atom stereocenters. The predicted octanol–water partition coefficient (Wildman–Crippen LogP) is 3.67. The molecule has 1 aliphatic rings. The van der Waals surface area contributed by atoms with Crippen molar-refractivity contribution in [1.82, 2.24) is 15.6 Å². The summed E-state index contributed by atoms with van der Waals surface area (Å²) in [7, 11) is 1.54. The van der Waals surface area contributed by atoms with Gasteiger partial charge in [-0.05, 0) is 12.1 Å². The summed E-state index contributed by atoms with van der Waals surface area (Å²) in [6.07, 6.45) is 0.223. The third kappa shape index (κ3) is 5.38. The molecule has 1 fully saturated rings. The number of hydrogen-bond acceptors (Lipinski definition) is 5. The fraction of sp³-hybridized carbons (Fsp3) is 0.250. The number of likely N-dealkylation sites (N-methyl/N-ethyl adjacent to an activating group) is 1. The quantitative estimate of drug-likeness (QED) is 0.446. The highest BCUT2D eigenvalue weighted by Crippen LogP contribution is 2.39. The second kappa shape index (κ2) is 9.17. The molecule has 8 nitrogen and oxygen atoms in total. The van der Waals surface area contributed by atoms with Crippen molar-refractivity contribution in [1.29, 1.82) is 0 Å². The van der Waals surface area contributed by atoms with E-state index in [1.165, 1.54) is 18.3 Å². The summed E-state index contributed by atoms with van der Waals surface area (Å²) in [4.78, 5) is 38.6. The number of nitrogens with one attached hydrogen (secondary N) is 4. The number of benzene rings is 1. The van der Waals surface area contributed by atoms with Gasteiger partial charge in [0.25, 0.3) is 23.3 Å². The Labute approximate surface area is 190 Å². The number of rotatable bonds is 7. The molecule has 1 aromatic heterocycles. The molecule has 0 aliphatic heterocycles. The lowest BCUT2D eigenvalue weighted by Gasteiger charge is -2.35. The van der Waals surface area contributed by atoms with Gasteiger partial charge in [0, 0.05) is 43.9 Å². The third-order valence-electron chi connectivity index (χ3n) is 4.60. The van der Waals surface area contributed by atoms with Crippen molar-refractivity contribution in [2.75, 3.05) is 12.4 Å². The van der Waals surface area contributed by atoms with E-state index < -0.39 is 42.2 Å². The summed E-state index contributed by atoms with van der Waals surface area (Å²) in [5.74, 6) is -4.07. The van der Waals surface area contributed by atoms with Crippen LogP contribution < -0.4 is 26.2 Å². The first kappa shape index (κ1) is 23.6. The largest absolute Gasteiger partial charge is 0.453 e. The summed E-state index contributed by atoms with van der Waals surface area (Å²) < 4.78 is 31.5. The summed E-state index contributed by atoms with van der Waals surface area (Å²) in [5.41, 5.74) is -0.629. The van der Waals surface area contributed by atoms with Gasteiger partial charge in [-0.1, -0.05) is 29.8 Å². The SMILES string of the molecule is C=C(NC)C(=O)Nc1cc(Cl)c(Oc2c[nH]c(=O)c(C(=O)NC3CC(F)(F)C3)c2)c(Cl)c1. The summed E-state index contributed by atoms with van der Waals surface area (Å²) in [6, 6.07) is 3.20. The molecule has 0 radical (unpaired) electrons. The fourth-order valence-corrected chi connectivity index (χ4v) is 3.45. The van der Waals surface area contributed by atoms with E-state index in [-0.39, 0.29) is 38.5 Å². The number of halogens is 4. The second-order valence-corrected chi connectivity index (χ2v) is 7.88. The van der Waals surface area contributed by atoms with Crippen LogP contribution >= 0.6 is 23.2 Å². The highest BCUT2D eigenvalue weighted by Gasteiger charge is 2.46. The number of amides is 2. The molecular weight excluding hydrogens is 469 g/mol. The van der Waals surface area contributed by atoms with Crippen molar-refractivity contribution in [2.24, 2.45) is 0 Å². The van der Waals surface area contributed by atoms with Crippen LogP contribution in [-0.4, -0.2) is 35.8 Å². The van der Waals surface area contributed by atoms with Gasteiger partial charge in [-0.15, -0.1) is 0 Å². The minimum atomic E-state index is -2.81. The molecule has 1 heterocycles. The molecule has 3 rings (SSSR count). The van der Waals surface area contributed by atoms with E-state index in [2.05, 4.69) is 27.5 Å². The maximum atomic E-state index is 13.0. The molecule has 12 heteroatoms. The Morgan fingerprint density at radius 1 is 1.22 bits per heavy atom. The number of anilines is 1. The van der Waals surface area contributed by atoms with Crippen LogP contribution in [0.2, 0.25) is 10.0 Å². The van der Waals surface area contributed by atoms with Crippen molar-refractivity contribution < 1.29 is 23.1 Å². The Kier molecular flexibility index (Phi) is 6.75. The Morgan fingerprint density at radius 2 is 1.84 bits per heavy atom. The summed E-state index contributed by atoms with van der Waals surface area (Å²) >= 11 is 12.4. The van der Waals surface area contributed by atoms with Crippen molar-refractivity contribution in [3.05, 3.63) is 62.6 Å². The zero-order valence-corrected chi connectivity index (χ0v) is 18.2. The van der Waals surface area contributed by atoms with Crippen LogP contribution in [0.1, 0.15) is 23.2 Å². The predicted molar refractivity (Wildman–Crippen MR) is 116 cm³/mol. The van der Waals surface area contributed by atoms with Crippen LogP contribution in [0.4, 0.5) is 14.5 Å². The van der Waals surface area contributed by atoms with E-state index in [0.717, 1.165) is 6.07 Å². The Morgan fingerprint density at radius 3 is 2.41 bits per heavy atom. The van der Waals surface area contributed by atoms with Crippen LogP contribution in [0, 0.1) is 0 Å². The van der Waals surface area contributed by atoms with Crippen LogP contribution in [0.25, 0.3) is 0 Å². The number of aromatic amines is 1. The molecular formula is C20H18Cl2F2N4O4. The van der Waals surface area contributed by atoms with Gasteiger partial charge in [0.2, 0.25) is 0 Å². The maximum absolute atomic E-state index is 13.0. The Hall–Kier alpha value is -3.11. The molecule has 0 bridgehead atoms. The van der Waals surface area contributed by atoms with Gasteiger partial charge in [-0.2, -0.15) is 0 Å². The molecule has 1 aliphatic carbocycles. The first-order chi connectivity index (χ1) is 15.0. The fourth-order valence-electron chi connectivity index (χ4n) is 2.89. The van der Waals surface area contributed by atoms with Gasteiger partial charge in [0.1, 0.15) is 11.3 Å². The van der Waals surface area contributed by atoms with Crippen LogP contribution in [0.15, 0.2) is 41.5 Å². The van der Waals surface area contributed by atoms with Crippen molar-refractivity contribution >= 4 is 40.7 Å². The lowest BCUT2D eigenvalue weighted by molar-refractivity contribution is -0.113. The smallest absolute Gasteiger partial charge is 0.271 e. The zero-order chi connectivity index (χ0) is 23.6. The lowest BCUT2D eigenvalue weighted by Crippen LogP contribution is -2.51. The molecule has 0 saturated heterocycles. The number of carbonyl (C=O) groups is 2. The van der Waals surface area contributed by atoms with Crippen LogP contribution in [0.3, 0.4) is 0 Å². The molecule has 32 heavy (non-hydrogen) atoms. The van der Waals surface area contributed by atoms with Gasteiger partial charge in [0.15, 0.2) is 5.75 Å². The minimum Gasteiger partial charge on any atom is -0.453 e. The maximum Gasteiger partial charge on any atom is 0.271 e. The molecule has 2 amide bonds. The minimum absolute atomic E-state index is 0.0100. The van der Waals surface area contributed by atoms with Crippen molar-refractivity contribution in [2.45, 2.75) is 24.8 Å². The molecule has 1 aromatic carbocycles. The number of carbonyl (C=O) groups excluding carboxylic acids is 2. The van der Waals surface area contributed by atoms with E-state index in [1.807, 2.05) is 0 Å². The third-order valence-corrected chi connectivity index (χ3v) is 5.16. The molecule has 2 aromatic rings. The zero-order valence-electron chi connectivity index (χ0n) is 16.7. The Bertz CT molecular complexity index is 1120. The van der Waals surface area contributed by atoms with Gasteiger partial charge in [0.05, 0.1) is 15.7 Å². The van der Waals surface area contributed by atoms with Gasteiger partial charge in [-0.3, -0.25) is 14.4 Å². The van der Waals surface area contributed by atoms with Crippen LogP contribution in [0.5, 0.6) is 11.5 Å². The number of aromatic nitrogens is 1. The average Bonchev–Trinajstić information content (AvgIpc) is 2.69. The van der Waals surface area contributed by atoms with Crippen molar-refractivity contribution in [3.63, 3.8) is 0 Å². The van der Waals surface area contributed by atoms with E-state index in [9.17, 15) is 23.2 Å². The van der Waals surface area contributed by atoms with Gasteiger partial charge >= 0.3 is 0 Å². The van der Waals surface area contributed by atoms with Gasteiger partial charge < -0.3 is 25.7 Å². The topological polar surface area (TPSA) is 112 Å². The standard InChI is InChI=1S/C20H18Cl2F2N4O4/c1-9(25-2)17(29)27-10-3-14(21)16(15(22)4-10)32-12-5-13(18(30)26-8-12)19(31)28-11-6-20(23,24)7-11/h3-5,8,11,25H,1,6-7H2,2H3,(H,26,30)(H,27,29)(H,28,31). The first-order valence-corrected chi connectivity index (χ1v) is 10.0. The van der Waals surface area contributed by atoms with E-state index in [0.29, 0.717) is 0 Å². The van der Waals surface area contributed by atoms with E-state index >= 15 is 0 Å². The van der Waals surface area contributed by atoms with Crippen molar-refractivity contribution in [3.8, 4) is 11.5 Å². The first-order valence-electron chi connectivity index (χ1n) is 9.25. The number of pyridine rings is 1. The average molecular weight is 487 g/mol. The normalized spacial score (nSPS) is 14.8. The Balaban J connectivity index is 1.76. The highest BCUT2D eigenvalue weighted by atomic mass is 35.5. The lowest BCUT2D eigenvalue weighted by atomic mass is 9.88. The van der Waals surface area contributed by atoms with Crippen LogP contribution in [-0.2, 0) is 4.79 Å². The number of H-pyrrole nitrogens is 1. The number of alkyl halides is 2. The second-order valence-electron chi connectivity index (χ2n) is 7.07. The number of hydrogen-bond donors (Lipinski definition) is 4. The molecule has 1 saturated carbocycles. The summed E-state index contributed by atoms with van der Waals surface area (Å²) in [5, 5.41) is 7.62. The molecule has 0 spiro atoms. The number of ether oxygens (including phenoxy) is 1. The van der Waals surface area contributed by atoms with Gasteiger partial charge in [-0.25, -0.2) is 8.78 Å².